The van der Waals surface area contributed by atoms with Crippen LogP contribution in [0.3, 0.4) is 0 Å². The van der Waals surface area contributed by atoms with E-state index in [1.54, 1.807) is 16.2 Å². The van der Waals surface area contributed by atoms with Gasteiger partial charge in [-0.05, 0) is 31.2 Å². The molecule has 2 N–H and O–H groups in total. The maximum atomic E-state index is 12.2. The number of aliphatic hydroxyl groups is 1. The normalized spacial score (nSPS) is 10.8. The Labute approximate surface area is 144 Å². The molecule has 0 radical (unpaired) electrons. The molecule has 0 unspecified atom stereocenters. The van der Waals surface area contributed by atoms with Gasteiger partial charge in [-0.3, -0.25) is 0 Å². The minimum absolute atomic E-state index is 0.0486. The molecule has 0 atom stereocenters. The summed E-state index contributed by atoms with van der Waals surface area (Å²) in [6.45, 7) is 2.70. The number of benzene rings is 2. The van der Waals surface area contributed by atoms with E-state index in [1.165, 1.54) is 0 Å². The first-order valence-electron chi connectivity index (χ1n) is 7.84. The van der Waals surface area contributed by atoms with Gasteiger partial charge in [-0.1, -0.05) is 24.3 Å². The molecule has 0 aliphatic heterocycles. The number of aliphatic hydroxyl groups excluding tert-OH is 1. The minimum Gasteiger partial charge on any atom is -0.395 e. The standard InChI is InChI=1S/C18H19N3O2S/c1-2-21(10-11-22)18(23)19-14-7-5-6-13(12-14)17-20-15-8-3-4-9-16(15)24-17/h3-9,12,22H,2,10-11H2,1H3,(H,19,23). The second-order valence-corrected chi connectivity index (χ2v) is 6.33. The first-order chi connectivity index (χ1) is 11.7. The monoisotopic (exact) mass is 341 g/mol. The Morgan fingerprint density at radius 3 is 2.83 bits per heavy atom. The Morgan fingerprint density at radius 1 is 1.25 bits per heavy atom. The molecule has 5 nitrogen and oxygen atoms in total. The Morgan fingerprint density at radius 2 is 2.08 bits per heavy atom. The van der Waals surface area contributed by atoms with Gasteiger partial charge in [-0.2, -0.15) is 0 Å². The summed E-state index contributed by atoms with van der Waals surface area (Å²) in [4.78, 5) is 18.4. The molecule has 0 spiro atoms. The third kappa shape index (κ3) is 3.55. The molecule has 2 aromatic carbocycles. The second-order valence-electron chi connectivity index (χ2n) is 5.30. The lowest BCUT2D eigenvalue weighted by atomic mass is 10.2. The SMILES string of the molecule is CCN(CCO)C(=O)Nc1cccc(-c2nc3ccccc3s2)c1. The number of nitrogens with one attached hydrogen (secondary N) is 1. The van der Waals surface area contributed by atoms with Crippen LogP contribution >= 0.6 is 11.3 Å². The molecule has 1 heterocycles. The summed E-state index contributed by atoms with van der Waals surface area (Å²) in [6, 6.07) is 15.5. The molecule has 0 saturated carbocycles. The van der Waals surface area contributed by atoms with Gasteiger partial charge < -0.3 is 15.3 Å². The lowest BCUT2D eigenvalue weighted by Gasteiger charge is -2.20. The lowest BCUT2D eigenvalue weighted by molar-refractivity contribution is 0.192. The van der Waals surface area contributed by atoms with Crippen LogP contribution in [0.2, 0.25) is 0 Å². The summed E-state index contributed by atoms with van der Waals surface area (Å²) in [5.41, 5.74) is 2.67. The van der Waals surface area contributed by atoms with Crippen molar-refractivity contribution < 1.29 is 9.90 Å². The van der Waals surface area contributed by atoms with Gasteiger partial charge in [0, 0.05) is 24.3 Å². The molecule has 0 saturated heterocycles. The molecule has 124 valence electrons. The van der Waals surface area contributed by atoms with Crippen molar-refractivity contribution in [3.8, 4) is 10.6 Å². The molecule has 3 aromatic rings. The zero-order valence-electron chi connectivity index (χ0n) is 13.4. The van der Waals surface area contributed by atoms with Gasteiger partial charge in [0.05, 0.1) is 16.8 Å². The Bertz CT molecular complexity index is 814. The van der Waals surface area contributed by atoms with Gasteiger partial charge in [-0.25, -0.2) is 9.78 Å². The fourth-order valence-electron chi connectivity index (χ4n) is 2.45. The third-order valence-corrected chi connectivity index (χ3v) is 4.78. The van der Waals surface area contributed by atoms with Crippen LogP contribution in [0.15, 0.2) is 48.5 Å². The lowest BCUT2D eigenvalue weighted by Crippen LogP contribution is -2.36. The van der Waals surface area contributed by atoms with Crippen LogP contribution in [-0.2, 0) is 0 Å². The number of hydrogen-bond acceptors (Lipinski definition) is 4. The minimum atomic E-state index is -0.215. The molecule has 2 amide bonds. The molecule has 6 heteroatoms. The van der Waals surface area contributed by atoms with E-state index in [-0.39, 0.29) is 12.6 Å². The van der Waals surface area contributed by atoms with Gasteiger partial charge in [0.15, 0.2) is 0 Å². The fraction of sp³-hybridized carbons (Fsp3) is 0.222. The quantitative estimate of drug-likeness (QED) is 0.742. The van der Waals surface area contributed by atoms with E-state index in [0.717, 1.165) is 20.8 Å². The number of urea groups is 1. The second kappa shape index (κ2) is 7.42. The highest BCUT2D eigenvalue weighted by Crippen LogP contribution is 2.31. The number of carbonyl (C=O) groups excluding carboxylic acids is 1. The van der Waals surface area contributed by atoms with E-state index in [9.17, 15) is 4.79 Å². The fourth-order valence-corrected chi connectivity index (χ4v) is 3.41. The number of carbonyl (C=O) groups is 1. The van der Waals surface area contributed by atoms with E-state index < -0.39 is 0 Å². The number of fused-ring (bicyclic) bond motifs is 1. The Kier molecular flexibility index (Phi) is 5.08. The van der Waals surface area contributed by atoms with Gasteiger partial charge in [0.1, 0.15) is 5.01 Å². The van der Waals surface area contributed by atoms with Gasteiger partial charge in [0.25, 0.3) is 0 Å². The summed E-state index contributed by atoms with van der Waals surface area (Å²) in [5.74, 6) is 0. The number of para-hydroxylation sites is 1. The molecule has 0 bridgehead atoms. The summed E-state index contributed by atoms with van der Waals surface area (Å²) in [7, 11) is 0. The highest BCUT2D eigenvalue weighted by Gasteiger charge is 2.12. The first kappa shape index (κ1) is 16.4. The van der Waals surface area contributed by atoms with Crippen LogP contribution in [-0.4, -0.2) is 40.7 Å². The molecule has 0 aliphatic rings. The van der Waals surface area contributed by atoms with Crippen LogP contribution in [0.4, 0.5) is 10.5 Å². The molecule has 1 aromatic heterocycles. The predicted octanol–water partition coefficient (Wildman–Crippen LogP) is 3.81. The summed E-state index contributed by atoms with van der Waals surface area (Å²) < 4.78 is 1.14. The summed E-state index contributed by atoms with van der Waals surface area (Å²) in [6.07, 6.45) is 0. The first-order valence-corrected chi connectivity index (χ1v) is 8.65. The van der Waals surface area contributed by atoms with Crippen LogP contribution in [0, 0.1) is 0 Å². The van der Waals surface area contributed by atoms with Crippen LogP contribution in [0.25, 0.3) is 20.8 Å². The van der Waals surface area contributed by atoms with Crippen molar-refractivity contribution in [2.75, 3.05) is 25.0 Å². The van der Waals surface area contributed by atoms with Crippen molar-refractivity contribution >= 4 is 33.3 Å². The van der Waals surface area contributed by atoms with Crippen molar-refractivity contribution in [3.63, 3.8) is 0 Å². The zero-order chi connectivity index (χ0) is 16.9. The average Bonchev–Trinajstić information content (AvgIpc) is 3.04. The maximum absolute atomic E-state index is 12.2. The molecular formula is C18H19N3O2S. The summed E-state index contributed by atoms with van der Waals surface area (Å²) >= 11 is 1.63. The Balaban J connectivity index is 1.82. The van der Waals surface area contributed by atoms with Crippen molar-refractivity contribution in [1.82, 2.24) is 9.88 Å². The van der Waals surface area contributed by atoms with E-state index in [4.69, 9.17) is 5.11 Å². The van der Waals surface area contributed by atoms with Crippen LogP contribution in [0.5, 0.6) is 0 Å². The number of thiazole rings is 1. The Hall–Kier alpha value is -2.44. The molecule has 24 heavy (non-hydrogen) atoms. The molecule has 0 aliphatic carbocycles. The predicted molar refractivity (Wildman–Crippen MR) is 98.4 cm³/mol. The molecular weight excluding hydrogens is 322 g/mol. The third-order valence-electron chi connectivity index (χ3n) is 3.69. The molecule has 0 fully saturated rings. The highest BCUT2D eigenvalue weighted by molar-refractivity contribution is 7.21. The van der Waals surface area contributed by atoms with Gasteiger partial charge in [-0.15, -0.1) is 11.3 Å². The number of amides is 2. The summed E-state index contributed by atoms with van der Waals surface area (Å²) in [5, 5.41) is 12.8. The van der Waals surface area contributed by atoms with Crippen LogP contribution in [0.1, 0.15) is 6.92 Å². The van der Waals surface area contributed by atoms with Crippen molar-refractivity contribution in [1.29, 1.82) is 0 Å². The van der Waals surface area contributed by atoms with E-state index >= 15 is 0 Å². The van der Waals surface area contributed by atoms with Crippen molar-refractivity contribution in [3.05, 3.63) is 48.5 Å². The smallest absolute Gasteiger partial charge is 0.321 e. The van der Waals surface area contributed by atoms with Gasteiger partial charge in [0.2, 0.25) is 0 Å². The number of hydrogen-bond donors (Lipinski definition) is 2. The number of aromatic nitrogens is 1. The number of rotatable bonds is 5. The molecule has 3 rings (SSSR count). The van der Waals surface area contributed by atoms with Crippen molar-refractivity contribution in [2.45, 2.75) is 6.92 Å². The van der Waals surface area contributed by atoms with Crippen LogP contribution < -0.4 is 5.32 Å². The zero-order valence-corrected chi connectivity index (χ0v) is 14.2. The topological polar surface area (TPSA) is 65.5 Å². The van der Waals surface area contributed by atoms with Gasteiger partial charge >= 0.3 is 6.03 Å². The maximum Gasteiger partial charge on any atom is 0.321 e. The number of likely N-dealkylation sites (N-methyl/N-ethyl adjacent to an activating group) is 1. The van der Waals surface area contributed by atoms with E-state index in [2.05, 4.69) is 16.4 Å². The highest BCUT2D eigenvalue weighted by atomic mass is 32.1. The van der Waals surface area contributed by atoms with E-state index in [0.29, 0.717) is 18.8 Å². The number of nitrogens with zero attached hydrogens (tertiary/aromatic N) is 2. The number of anilines is 1. The average molecular weight is 341 g/mol. The van der Waals surface area contributed by atoms with E-state index in [1.807, 2.05) is 49.4 Å². The largest absolute Gasteiger partial charge is 0.395 e. The van der Waals surface area contributed by atoms with Crippen molar-refractivity contribution in [2.24, 2.45) is 0 Å².